The van der Waals surface area contributed by atoms with Crippen molar-refractivity contribution >= 4 is 17.5 Å². The Morgan fingerprint density at radius 2 is 1.95 bits per heavy atom. The van der Waals surface area contributed by atoms with Gasteiger partial charge in [0, 0.05) is 68.5 Å². The molecule has 5 heterocycles. The first kappa shape index (κ1) is 22.8. The van der Waals surface area contributed by atoms with Gasteiger partial charge >= 0.3 is 6.03 Å². The summed E-state index contributed by atoms with van der Waals surface area (Å²) in [5, 5.41) is 9.75. The van der Waals surface area contributed by atoms with Gasteiger partial charge in [-0.25, -0.2) is 4.79 Å². The SMILES string of the molecule is Cn1cc(-c2cc3c(cc2C2CC2)N(c2nn(C4CCOCC4)c4c2CN(C(N)=O)CC4)CCC3)cn1. The number of carbonyl (C=O) groups excluding carboxylic acids is 1. The number of fused-ring (bicyclic) bond motifs is 2. The normalized spacial score (nSPS) is 20.1. The topological polar surface area (TPSA) is 94.4 Å². The number of ether oxygens (including phenoxy) is 1. The van der Waals surface area contributed by atoms with Gasteiger partial charge in [0.1, 0.15) is 0 Å². The zero-order valence-corrected chi connectivity index (χ0v) is 21.5. The first-order valence-corrected chi connectivity index (χ1v) is 13.7. The second-order valence-corrected chi connectivity index (χ2v) is 11.0. The van der Waals surface area contributed by atoms with E-state index in [1.807, 2.05) is 17.9 Å². The van der Waals surface area contributed by atoms with E-state index >= 15 is 0 Å². The summed E-state index contributed by atoms with van der Waals surface area (Å²) < 4.78 is 9.80. The van der Waals surface area contributed by atoms with Crippen molar-refractivity contribution in [1.29, 1.82) is 0 Å². The fourth-order valence-electron chi connectivity index (χ4n) is 6.48. The van der Waals surface area contributed by atoms with Gasteiger partial charge in [-0.15, -0.1) is 0 Å². The van der Waals surface area contributed by atoms with E-state index in [0.29, 0.717) is 25.0 Å². The predicted octanol–water partition coefficient (Wildman–Crippen LogP) is 4.03. The lowest BCUT2D eigenvalue weighted by molar-refractivity contribution is 0.0651. The zero-order valence-electron chi connectivity index (χ0n) is 21.5. The van der Waals surface area contributed by atoms with E-state index in [1.165, 1.54) is 46.5 Å². The third-order valence-electron chi connectivity index (χ3n) is 8.57. The monoisotopic (exact) mass is 501 g/mol. The van der Waals surface area contributed by atoms with Crippen molar-refractivity contribution < 1.29 is 9.53 Å². The summed E-state index contributed by atoms with van der Waals surface area (Å²) in [7, 11) is 1.98. The second-order valence-electron chi connectivity index (χ2n) is 11.0. The van der Waals surface area contributed by atoms with Gasteiger partial charge in [-0.05, 0) is 73.3 Å². The summed E-state index contributed by atoms with van der Waals surface area (Å²) in [5.74, 6) is 1.62. The molecule has 0 bridgehead atoms. The van der Waals surface area contributed by atoms with E-state index in [2.05, 4.69) is 33.0 Å². The lowest BCUT2D eigenvalue weighted by atomic mass is 9.91. The van der Waals surface area contributed by atoms with Crippen LogP contribution in [0.1, 0.15) is 66.4 Å². The fourth-order valence-corrected chi connectivity index (χ4v) is 6.48. The quantitative estimate of drug-likeness (QED) is 0.582. The number of rotatable bonds is 4. The molecule has 9 nitrogen and oxygen atoms in total. The van der Waals surface area contributed by atoms with Gasteiger partial charge in [-0.3, -0.25) is 9.36 Å². The summed E-state index contributed by atoms with van der Waals surface area (Å²) in [6.07, 6.45) is 11.5. The highest BCUT2D eigenvalue weighted by atomic mass is 16.5. The maximum absolute atomic E-state index is 12.1. The Hall–Kier alpha value is -3.33. The van der Waals surface area contributed by atoms with Crippen LogP contribution < -0.4 is 10.6 Å². The Balaban J connectivity index is 1.34. The van der Waals surface area contributed by atoms with Crippen molar-refractivity contribution in [3.63, 3.8) is 0 Å². The van der Waals surface area contributed by atoms with Gasteiger partial charge in [0.15, 0.2) is 5.82 Å². The van der Waals surface area contributed by atoms with Crippen LogP contribution in [0.15, 0.2) is 24.5 Å². The highest BCUT2D eigenvalue weighted by molar-refractivity contribution is 5.78. The molecule has 2 amide bonds. The van der Waals surface area contributed by atoms with Crippen LogP contribution in [0.3, 0.4) is 0 Å². The molecule has 1 aromatic carbocycles. The number of hydrogen-bond donors (Lipinski definition) is 1. The Bertz CT molecular complexity index is 1350. The number of benzene rings is 1. The standard InChI is InChI=1S/C28H35N7O2/c1-32-16-20(15-30-32)22-13-19-3-2-9-34(26(19)14-23(22)18-4-5-18)27-24-17-33(28(29)36)10-6-25(24)35(31-27)21-7-11-37-12-8-21/h13-16,18,21H,2-12,17H2,1H3,(H2,29,36). The average Bonchev–Trinajstić information content (AvgIpc) is 3.57. The highest BCUT2D eigenvalue weighted by Crippen LogP contribution is 2.48. The number of anilines is 2. The summed E-state index contributed by atoms with van der Waals surface area (Å²) in [4.78, 5) is 16.3. The van der Waals surface area contributed by atoms with E-state index in [4.69, 9.17) is 15.6 Å². The molecule has 2 aromatic heterocycles. The van der Waals surface area contributed by atoms with Crippen LogP contribution in [0.2, 0.25) is 0 Å². The molecule has 0 radical (unpaired) electrons. The Morgan fingerprint density at radius 1 is 1.11 bits per heavy atom. The smallest absolute Gasteiger partial charge is 0.315 e. The molecular weight excluding hydrogens is 466 g/mol. The molecule has 0 unspecified atom stereocenters. The molecule has 9 heteroatoms. The number of carbonyl (C=O) groups is 1. The number of nitrogens with two attached hydrogens (primary N) is 1. The molecule has 37 heavy (non-hydrogen) atoms. The van der Waals surface area contributed by atoms with Gasteiger partial charge in [-0.1, -0.05) is 0 Å². The minimum absolute atomic E-state index is 0.343. The number of aromatic nitrogens is 4. The maximum Gasteiger partial charge on any atom is 0.315 e. The number of nitrogens with zero attached hydrogens (tertiary/aromatic N) is 6. The summed E-state index contributed by atoms with van der Waals surface area (Å²) in [6.45, 7) is 3.65. The minimum Gasteiger partial charge on any atom is -0.381 e. The van der Waals surface area contributed by atoms with Crippen molar-refractivity contribution in [2.75, 3.05) is 31.2 Å². The van der Waals surface area contributed by atoms with E-state index in [1.54, 1.807) is 4.90 Å². The predicted molar refractivity (Wildman–Crippen MR) is 141 cm³/mol. The number of urea groups is 1. The maximum atomic E-state index is 12.1. The van der Waals surface area contributed by atoms with Crippen LogP contribution in [0.4, 0.5) is 16.3 Å². The van der Waals surface area contributed by atoms with Crippen LogP contribution in [-0.4, -0.2) is 56.8 Å². The summed E-state index contributed by atoms with van der Waals surface area (Å²) in [5.41, 5.74) is 14.8. The molecule has 0 spiro atoms. The Morgan fingerprint density at radius 3 is 2.68 bits per heavy atom. The molecule has 2 N–H and O–H groups in total. The number of aryl methyl sites for hydroxylation is 2. The molecule has 3 aromatic rings. The average molecular weight is 502 g/mol. The second kappa shape index (κ2) is 8.90. The van der Waals surface area contributed by atoms with E-state index in [-0.39, 0.29) is 6.03 Å². The van der Waals surface area contributed by atoms with E-state index in [0.717, 1.165) is 63.2 Å². The molecule has 7 rings (SSSR count). The van der Waals surface area contributed by atoms with E-state index < -0.39 is 0 Å². The molecule has 3 aliphatic heterocycles. The van der Waals surface area contributed by atoms with Crippen LogP contribution in [0, 0.1) is 0 Å². The summed E-state index contributed by atoms with van der Waals surface area (Å²) in [6, 6.07) is 4.83. The lowest BCUT2D eigenvalue weighted by Gasteiger charge is -2.33. The number of hydrogen-bond acceptors (Lipinski definition) is 5. The molecule has 194 valence electrons. The Labute approximate surface area is 217 Å². The van der Waals surface area contributed by atoms with Crippen LogP contribution in [0.5, 0.6) is 0 Å². The van der Waals surface area contributed by atoms with Crippen molar-refractivity contribution in [2.45, 2.75) is 63.5 Å². The number of amides is 2. The van der Waals surface area contributed by atoms with Crippen molar-refractivity contribution in [3.05, 3.63) is 46.9 Å². The molecule has 0 atom stereocenters. The fraction of sp³-hybridized carbons (Fsp3) is 0.536. The molecule has 2 fully saturated rings. The van der Waals surface area contributed by atoms with Crippen molar-refractivity contribution in [3.8, 4) is 11.1 Å². The molecule has 1 saturated carbocycles. The van der Waals surface area contributed by atoms with Gasteiger partial charge in [0.2, 0.25) is 0 Å². The molecule has 1 saturated heterocycles. The molecule has 1 aliphatic carbocycles. The lowest BCUT2D eigenvalue weighted by Crippen LogP contribution is -2.40. The van der Waals surface area contributed by atoms with Crippen molar-refractivity contribution in [2.24, 2.45) is 12.8 Å². The largest absolute Gasteiger partial charge is 0.381 e. The molecule has 4 aliphatic rings. The minimum atomic E-state index is -0.355. The number of primary amides is 1. The zero-order chi connectivity index (χ0) is 25.1. The van der Waals surface area contributed by atoms with Crippen molar-refractivity contribution in [1.82, 2.24) is 24.5 Å². The first-order valence-electron chi connectivity index (χ1n) is 13.7. The van der Waals surface area contributed by atoms with E-state index in [9.17, 15) is 4.79 Å². The van der Waals surface area contributed by atoms with Gasteiger partial charge in [0.25, 0.3) is 0 Å². The molecular formula is C28H35N7O2. The summed E-state index contributed by atoms with van der Waals surface area (Å²) >= 11 is 0. The third-order valence-corrected chi connectivity index (χ3v) is 8.57. The first-order chi connectivity index (χ1) is 18.1. The third kappa shape index (κ3) is 4.00. The van der Waals surface area contributed by atoms with Gasteiger partial charge in [-0.2, -0.15) is 10.2 Å². The highest BCUT2D eigenvalue weighted by Gasteiger charge is 2.35. The van der Waals surface area contributed by atoms with Crippen LogP contribution in [-0.2, 0) is 31.2 Å². The van der Waals surface area contributed by atoms with Crippen LogP contribution in [0.25, 0.3) is 11.1 Å². The Kier molecular flexibility index (Phi) is 5.49. The van der Waals surface area contributed by atoms with Crippen LogP contribution >= 0.6 is 0 Å². The van der Waals surface area contributed by atoms with Gasteiger partial charge < -0.3 is 20.3 Å². The van der Waals surface area contributed by atoms with Gasteiger partial charge in [0.05, 0.1) is 18.8 Å².